The predicted molar refractivity (Wildman–Crippen MR) is 103 cm³/mol. The maximum Gasteiger partial charge on any atom is 0.185 e. The summed E-state index contributed by atoms with van der Waals surface area (Å²) in [6.07, 6.45) is 15.8. The Morgan fingerprint density at radius 1 is 0.840 bits per heavy atom. The number of aliphatic hydroxyl groups is 1. The minimum atomic E-state index is -0.559. The lowest BCUT2D eigenvalue weighted by Crippen LogP contribution is -2.54. The molecule has 3 unspecified atom stereocenters. The molecule has 1 heterocycles. The molecule has 2 aliphatic rings. The topological polar surface area (TPSA) is 41.9 Å². The number of hydrogen-bond donors (Lipinski definition) is 1. The van der Waals surface area contributed by atoms with Crippen LogP contribution >= 0.6 is 0 Å². The van der Waals surface area contributed by atoms with Crippen molar-refractivity contribution in [3.8, 4) is 0 Å². The number of aliphatic hydroxyl groups excluding tert-OH is 1. The van der Waals surface area contributed by atoms with Crippen molar-refractivity contribution in [3.63, 3.8) is 0 Å². The normalized spacial score (nSPS) is 34.9. The van der Waals surface area contributed by atoms with Crippen molar-refractivity contribution in [2.45, 2.75) is 121 Å². The number of rotatable bonds is 3. The predicted octanol–water partition coefficient (Wildman–Crippen LogP) is 4.49. The molecule has 1 aliphatic heterocycles. The highest BCUT2D eigenvalue weighted by atomic mass is 16.7. The van der Waals surface area contributed by atoms with Crippen LogP contribution in [0.3, 0.4) is 0 Å². The molecule has 0 aromatic heterocycles. The van der Waals surface area contributed by atoms with E-state index in [1.54, 1.807) is 0 Å². The SMILES string of the molecule is CC1CC(N(C)C)C(O)[C@H](OC2CCCCCCCCCCCC2)O1. The summed E-state index contributed by atoms with van der Waals surface area (Å²) in [5, 5.41) is 10.7. The quantitative estimate of drug-likeness (QED) is 0.810. The van der Waals surface area contributed by atoms with E-state index < -0.39 is 12.4 Å². The smallest absolute Gasteiger partial charge is 0.185 e. The molecular weight excluding hydrogens is 314 g/mol. The molecule has 148 valence electrons. The highest BCUT2D eigenvalue weighted by Gasteiger charge is 2.38. The van der Waals surface area contributed by atoms with E-state index in [1.807, 2.05) is 14.1 Å². The summed E-state index contributed by atoms with van der Waals surface area (Å²) in [4.78, 5) is 2.10. The zero-order valence-corrected chi connectivity index (χ0v) is 16.8. The second-order valence-corrected chi connectivity index (χ2v) is 8.44. The summed E-state index contributed by atoms with van der Waals surface area (Å²) in [5.41, 5.74) is 0. The van der Waals surface area contributed by atoms with Crippen molar-refractivity contribution >= 4 is 0 Å². The molecular formula is C21H41NO3. The molecule has 2 rings (SSSR count). The fourth-order valence-electron chi connectivity index (χ4n) is 4.28. The van der Waals surface area contributed by atoms with Crippen LogP contribution in [0.15, 0.2) is 0 Å². The van der Waals surface area contributed by atoms with Crippen LogP contribution in [0.25, 0.3) is 0 Å². The van der Waals surface area contributed by atoms with Gasteiger partial charge in [-0.25, -0.2) is 0 Å². The van der Waals surface area contributed by atoms with E-state index in [0.29, 0.717) is 0 Å². The molecule has 2 fully saturated rings. The Bertz CT molecular complexity index is 336. The molecule has 4 heteroatoms. The minimum Gasteiger partial charge on any atom is -0.386 e. The van der Waals surface area contributed by atoms with Gasteiger partial charge in [-0.15, -0.1) is 0 Å². The first-order chi connectivity index (χ1) is 12.1. The van der Waals surface area contributed by atoms with Gasteiger partial charge in [0.1, 0.15) is 6.10 Å². The van der Waals surface area contributed by atoms with E-state index in [2.05, 4.69) is 11.8 Å². The second kappa shape index (κ2) is 11.5. The molecule has 0 radical (unpaired) electrons. The first kappa shape index (κ1) is 21.1. The van der Waals surface area contributed by atoms with Crippen LogP contribution in [0.2, 0.25) is 0 Å². The first-order valence-corrected chi connectivity index (χ1v) is 10.7. The van der Waals surface area contributed by atoms with Crippen LogP contribution in [-0.4, -0.2) is 54.7 Å². The van der Waals surface area contributed by atoms with Gasteiger partial charge in [-0.05, 0) is 40.3 Å². The van der Waals surface area contributed by atoms with E-state index in [0.717, 1.165) is 19.3 Å². The molecule has 1 saturated heterocycles. The molecule has 1 saturated carbocycles. The Morgan fingerprint density at radius 3 is 1.80 bits per heavy atom. The van der Waals surface area contributed by atoms with Gasteiger partial charge in [0.25, 0.3) is 0 Å². The van der Waals surface area contributed by atoms with Crippen LogP contribution in [0.4, 0.5) is 0 Å². The number of ether oxygens (including phenoxy) is 2. The molecule has 1 aliphatic carbocycles. The van der Waals surface area contributed by atoms with Crippen molar-refractivity contribution in [1.29, 1.82) is 0 Å². The van der Waals surface area contributed by atoms with Gasteiger partial charge in [0.2, 0.25) is 0 Å². The molecule has 4 nitrogen and oxygen atoms in total. The van der Waals surface area contributed by atoms with Gasteiger partial charge in [-0.1, -0.05) is 64.2 Å². The van der Waals surface area contributed by atoms with Crippen molar-refractivity contribution in [2.24, 2.45) is 0 Å². The minimum absolute atomic E-state index is 0.114. The highest BCUT2D eigenvalue weighted by molar-refractivity contribution is 4.85. The van der Waals surface area contributed by atoms with E-state index in [-0.39, 0.29) is 18.2 Å². The van der Waals surface area contributed by atoms with Gasteiger partial charge < -0.3 is 19.5 Å². The molecule has 1 N–H and O–H groups in total. The molecule has 0 aromatic carbocycles. The van der Waals surface area contributed by atoms with E-state index in [1.165, 1.54) is 64.2 Å². The zero-order chi connectivity index (χ0) is 18.1. The van der Waals surface area contributed by atoms with E-state index in [4.69, 9.17) is 9.47 Å². The highest BCUT2D eigenvalue weighted by Crippen LogP contribution is 2.27. The number of nitrogens with zero attached hydrogens (tertiary/aromatic N) is 1. The fourth-order valence-corrected chi connectivity index (χ4v) is 4.28. The standard InChI is InChI=1S/C21H41NO3/c1-17-16-19(22(2)3)20(23)21(24-17)25-18-14-12-10-8-6-4-5-7-9-11-13-15-18/h17-21,23H,4-16H2,1-3H3/t17?,19?,20?,21-/m0/s1. The van der Waals surface area contributed by atoms with E-state index >= 15 is 0 Å². The van der Waals surface area contributed by atoms with Crippen molar-refractivity contribution in [3.05, 3.63) is 0 Å². The Balaban J connectivity index is 1.88. The van der Waals surface area contributed by atoms with Gasteiger partial charge in [0.15, 0.2) is 6.29 Å². The van der Waals surface area contributed by atoms with Gasteiger partial charge in [0, 0.05) is 6.04 Å². The van der Waals surface area contributed by atoms with Gasteiger partial charge in [0.05, 0.1) is 12.2 Å². The van der Waals surface area contributed by atoms with Gasteiger partial charge >= 0.3 is 0 Å². The summed E-state index contributed by atoms with van der Waals surface area (Å²) >= 11 is 0. The Labute approximate surface area is 155 Å². The van der Waals surface area contributed by atoms with Crippen molar-refractivity contribution in [1.82, 2.24) is 4.90 Å². The summed E-state index contributed by atoms with van der Waals surface area (Å²) in [7, 11) is 4.06. The second-order valence-electron chi connectivity index (χ2n) is 8.44. The van der Waals surface area contributed by atoms with E-state index in [9.17, 15) is 5.11 Å². The summed E-state index contributed by atoms with van der Waals surface area (Å²) in [5.74, 6) is 0. The maximum atomic E-state index is 10.7. The third-order valence-corrected chi connectivity index (χ3v) is 5.90. The molecule has 0 bridgehead atoms. The van der Waals surface area contributed by atoms with Crippen LogP contribution in [0.5, 0.6) is 0 Å². The average Bonchev–Trinajstić information content (AvgIpc) is 2.59. The zero-order valence-electron chi connectivity index (χ0n) is 16.8. The van der Waals surface area contributed by atoms with Crippen LogP contribution in [0.1, 0.15) is 90.4 Å². The van der Waals surface area contributed by atoms with Crippen LogP contribution in [-0.2, 0) is 9.47 Å². The number of likely N-dealkylation sites (N-methyl/N-ethyl adjacent to an activating group) is 1. The number of hydrogen-bond acceptors (Lipinski definition) is 4. The lowest BCUT2D eigenvalue weighted by molar-refractivity contribution is -0.269. The third-order valence-electron chi connectivity index (χ3n) is 5.90. The molecule has 25 heavy (non-hydrogen) atoms. The lowest BCUT2D eigenvalue weighted by atomic mass is 9.98. The molecule has 0 spiro atoms. The Hall–Kier alpha value is -0.160. The Kier molecular flexibility index (Phi) is 9.75. The third kappa shape index (κ3) is 7.54. The summed E-state index contributed by atoms with van der Waals surface area (Å²) < 4.78 is 12.3. The first-order valence-electron chi connectivity index (χ1n) is 10.7. The lowest BCUT2D eigenvalue weighted by Gasteiger charge is -2.42. The molecule has 0 aromatic rings. The van der Waals surface area contributed by atoms with Gasteiger partial charge in [-0.3, -0.25) is 0 Å². The molecule has 0 amide bonds. The van der Waals surface area contributed by atoms with Crippen molar-refractivity contribution < 1.29 is 14.6 Å². The summed E-state index contributed by atoms with van der Waals surface area (Å²) in [6, 6.07) is 0.114. The average molecular weight is 356 g/mol. The van der Waals surface area contributed by atoms with Gasteiger partial charge in [-0.2, -0.15) is 0 Å². The van der Waals surface area contributed by atoms with Crippen molar-refractivity contribution in [2.75, 3.05) is 14.1 Å². The molecule has 4 atom stereocenters. The Morgan fingerprint density at radius 2 is 1.32 bits per heavy atom. The fraction of sp³-hybridized carbons (Fsp3) is 1.00. The summed E-state index contributed by atoms with van der Waals surface area (Å²) in [6.45, 7) is 2.09. The van der Waals surface area contributed by atoms with Crippen LogP contribution < -0.4 is 0 Å². The maximum absolute atomic E-state index is 10.7. The monoisotopic (exact) mass is 355 g/mol. The van der Waals surface area contributed by atoms with Crippen LogP contribution in [0, 0.1) is 0 Å². The largest absolute Gasteiger partial charge is 0.386 e.